The zero-order valence-corrected chi connectivity index (χ0v) is 13.6. The Kier molecular flexibility index (Phi) is 6.22. The van der Waals surface area contributed by atoms with Gasteiger partial charge in [0.2, 0.25) is 0 Å². The van der Waals surface area contributed by atoms with Gasteiger partial charge in [0, 0.05) is 11.6 Å². The van der Waals surface area contributed by atoms with E-state index < -0.39 is 12.7 Å². The van der Waals surface area contributed by atoms with Crippen LogP contribution < -0.4 is 4.74 Å². The maximum atomic E-state index is 12.5. The second kappa shape index (κ2) is 7.26. The van der Waals surface area contributed by atoms with Crippen LogP contribution in [0.25, 0.3) is 0 Å². The van der Waals surface area contributed by atoms with Crippen LogP contribution in [-0.4, -0.2) is 43.1 Å². The zero-order chi connectivity index (χ0) is 16.2. The molecule has 0 atom stereocenters. The number of ketones is 1. The summed E-state index contributed by atoms with van der Waals surface area (Å²) in [6, 6.07) is 4.31. The average molecular weight is 368 g/mol. The van der Waals surface area contributed by atoms with Crippen LogP contribution in [0.3, 0.4) is 0 Å². The molecule has 0 N–H and O–H groups in total. The Morgan fingerprint density at radius 3 is 2.43 bits per heavy atom. The first-order valence-corrected chi connectivity index (χ1v) is 7.11. The molecule has 0 saturated carbocycles. The first kappa shape index (κ1) is 18.0. The topological polar surface area (TPSA) is 29.5 Å². The maximum Gasteiger partial charge on any atom is 0.401 e. The summed E-state index contributed by atoms with van der Waals surface area (Å²) in [5, 5.41) is 0. The fraction of sp³-hybridized carbons (Fsp3) is 0.500. The monoisotopic (exact) mass is 367 g/mol. The van der Waals surface area contributed by atoms with Crippen molar-refractivity contribution in [3.05, 3.63) is 28.2 Å². The minimum Gasteiger partial charge on any atom is -0.496 e. The van der Waals surface area contributed by atoms with Crippen molar-refractivity contribution in [1.29, 1.82) is 0 Å². The molecule has 0 aliphatic carbocycles. The predicted octanol–water partition coefficient (Wildman–Crippen LogP) is 3.91. The van der Waals surface area contributed by atoms with E-state index in [4.69, 9.17) is 4.74 Å². The minimum absolute atomic E-state index is 0.282. The normalized spacial score (nSPS) is 12.0. The van der Waals surface area contributed by atoms with Crippen molar-refractivity contribution < 1.29 is 22.7 Å². The Morgan fingerprint density at radius 1 is 1.38 bits per heavy atom. The summed E-state index contributed by atoms with van der Waals surface area (Å²) in [5.74, 6) is 0.193. The summed E-state index contributed by atoms with van der Waals surface area (Å²) in [6.07, 6.45) is -4.33. The third-order valence-corrected chi connectivity index (χ3v) is 3.55. The van der Waals surface area contributed by atoms with E-state index in [9.17, 15) is 18.0 Å². The molecule has 118 valence electrons. The highest BCUT2D eigenvalue weighted by Gasteiger charge is 2.32. The van der Waals surface area contributed by atoms with Crippen molar-refractivity contribution in [2.45, 2.75) is 26.1 Å². The predicted molar refractivity (Wildman–Crippen MR) is 77.8 cm³/mol. The van der Waals surface area contributed by atoms with E-state index in [1.165, 1.54) is 13.2 Å². The molecule has 3 nitrogen and oxygen atoms in total. The fourth-order valence-electron chi connectivity index (χ4n) is 1.77. The van der Waals surface area contributed by atoms with E-state index in [-0.39, 0.29) is 18.4 Å². The Balaban J connectivity index is 2.85. The van der Waals surface area contributed by atoms with Crippen LogP contribution in [0.1, 0.15) is 24.2 Å². The molecule has 0 fully saturated rings. The molecule has 21 heavy (non-hydrogen) atoms. The highest BCUT2D eigenvalue weighted by molar-refractivity contribution is 9.10. The number of methoxy groups -OCH3 is 1. The first-order chi connectivity index (χ1) is 9.64. The minimum atomic E-state index is -4.33. The number of hydrogen-bond donors (Lipinski definition) is 0. The van der Waals surface area contributed by atoms with Gasteiger partial charge in [-0.2, -0.15) is 13.2 Å². The van der Waals surface area contributed by atoms with Crippen molar-refractivity contribution in [2.24, 2.45) is 0 Å². The molecule has 0 amide bonds. The molecule has 0 spiro atoms. The number of ether oxygens (including phenoxy) is 1. The molecule has 0 aliphatic rings. The lowest BCUT2D eigenvalue weighted by Gasteiger charge is -2.26. The van der Waals surface area contributed by atoms with Crippen LogP contribution in [0.2, 0.25) is 0 Å². The molecule has 0 aliphatic heterocycles. The fourth-order valence-corrected chi connectivity index (χ4v) is 2.31. The third kappa shape index (κ3) is 5.67. The highest BCUT2D eigenvalue weighted by Crippen LogP contribution is 2.26. The molecule has 0 unspecified atom stereocenters. The lowest BCUT2D eigenvalue weighted by molar-refractivity contribution is -0.148. The van der Waals surface area contributed by atoms with Gasteiger partial charge >= 0.3 is 6.18 Å². The third-order valence-electron chi connectivity index (χ3n) is 2.93. The van der Waals surface area contributed by atoms with E-state index in [0.29, 0.717) is 15.8 Å². The van der Waals surface area contributed by atoms with Gasteiger partial charge in [-0.25, -0.2) is 0 Å². The molecule has 1 aromatic rings. The van der Waals surface area contributed by atoms with Crippen LogP contribution in [0.15, 0.2) is 22.7 Å². The second-order valence-corrected chi connectivity index (χ2v) is 5.74. The molecule has 7 heteroatoms. The molecular weight excluding hydrogens is 351 g/mol. The lowest BCUT2D eigenvalue weighted by Crippen LogP contribution is -2.42. The highest BCUT2D eigenvalue weighted by atomic mass is 79.9. The van der Waals surface area contributed by atoms with Gasteiger partial charge in [-0.1, -0.05) is 0 Å². The molecule has 0 radical (unpaired) electrons. The number of alkyl halides is 3. The number of benzene rings is 1. The van der Waals surface area contributed by atoms with E-state index in [2.05, 4.69) is 15.9 Å². The standard InChI is InChI=1S/C14H17BrF3NO2/c1-9(2)19(8-14(16,17)18)7-12(20)10-4-5-13(21-3)11(15)6-10/h4-6,9H,7-8H2,1-3H3. The van der Waals surface area contributed by atoms with Crippen molar-refractivity contribution in [2.75, 3.05) is 20.2 Å². The maximum absolute atomic E-state index is 12.5. The summed E-state index contributed by atoms with van der Waals surface area (Å²) in [4.78, 5) is 13.2. The number of carbonyl (C=O) groups is 1. The summed E-state index contributed by atoms with van der Waals surface area (Å²) in [5.41, 5.74) is 0.343. The van der Waals surface area contributed by atoms with E-state index in [1.807, 2.05) is 0 Å². The summed E-state index contributed by atoms with van der Waals surface area (Å²) < 4.78 is 43.1. The molecule has 0 saturated heterocycles. The van der Waals surface area contributed by atoms with Gasteiger partial charge in [0.05, 0.1) is 24.7 Å². The quantitative estimate of drug-likeness (QED) is 0.713. The van der Waals surface area contributed by atoms with Gasteiger partial charge in [0.1, 0.15) is 5.75 Å². The van der Waals surface area contributed by atoms with Crippen molar-refractivity contribution in [3.8, 4) is 5.75 Å². The number of carbonyl (C=O) groups excluding carboxylic acids is 1. The smallest absolute Gasteiger partial charge is 0.401 e. The van der Waals surface area contributed by atoms with E-state index in [0.717, 1.165) is 4.90 Å². The summed E-state index contributed by atoms with van der Waals surface area (Å²) in [7, 11) is 1.49. The number of halogens is 4. The Morgan fingerprint density at radius 2 is 2.00 bits per heavy atom. The zero-order valence-electron chi connectivity index (χ0n) is 12.0. The number of hydrogen-bond acceptors (Lipinski definition) is 3. The average Bonchev–Trinajstić information content (AvgIpc) is 2.36. The van der Waals surface area contributed by atoms with Crippen LogP contribution in [-0.2, 0) is 0 Å². The molecular formula is C14H17BrF3NO2. The molecule has 0 bridgehead atoms. The van der Waals surface area contributed by atoms with Gasteiger partial charge < -0.3 is 4.74 Å². The molecule has 0 aromatic heterocycles. The SMILES string of the molecule is COc1ccc(C(=O)CN(CC(F)(F)F)C(C)C)cc1Br. The van der Waals surface area contributed by atoms with Crippen LogP contribution in [0.4, 0.5) is 13.2 Å². The van der Waals surface area contributed by atoms with Gasteiger partial charge in [0.15, 0.2) is 5.78 Å². The van der Waals surface area contributed by atoms with Gasteiger partial charge in [0.25, 0.3) is 0 Å². The molecule has 1 aromatic carbocycles. The summed E-state index contributed by atoms with van der Waals surface area (Å²) in [6.45, 7) is 1.87. The van der Waals surface area contributed by atoms with Crippen LogP contribution in [0, 0.1) is 0 Å². The Bertz CT molecular complexity index is 503. The van der Waals surface area contributed by atoms with Crippen molar-refractivity contribution in [3.63, 3.8) is 0 Å². The first-order valence-electron chi connectivity index (χ1n) is 6.31. The lowest BCUT2D eigenvalue weighted by atomic mass is 10.1. The van der Waals surface area contributed by atoms with Gasteiger partial charge in [-0.05, 0) is 48.0 Å². The Labute approximate surface area is 130 Å². The van der Waals surface area contributed by atoms with Gasteiger partial charge in [-0.15, -0.1) is 0 Å². The molecule has 1 rings (SSSR count). The number of Topliss-reactive ketones (excluding diaryl/α,β-unsaturated/α-hetero) is 1. The molecule has 0 heterocycles. The van der Waals surface area contributed by atoms with E-state index in [1.54, 1.807) is 26.0 Å². The number of nitrogens with zero attached hydrogens (tertiary/aromatic N) is 1. The van der Waals surface area contributed by atoms with Gasteiger partial charge in [-0.3, -0.25) is 9.69 Å². The summed E-state index contributed by atoms with van der Waals surface area (Å²) >= 11 is 3.25. The second-order valence-electron chi connectivity index (χ2n) is 4.89. The largest absolute Gasteiger partial charge is 0.496 e. The van der Waals surface area contributed by atoms with Crippen molar-refractivity contribution >= 4 is 21.7 Å². The van der Waals surface area contributed by atoms with E-state index >= 15 is 0 Å². The van der Waals surface area contributed by atoms with Crippen molar-refractivity contribution in [1.82, 2.24) is 4.90 Å². The Hall–Kier alpha value is -1.08. The van der Waals surface area contributed by atoms with Crippen LogP contribution in [0.5, 0.6) is 5.75 Å². The van der Waals surface area contributed by atoms with Crippen LogP contribution >= 0.6 is 15.9 Å². The number of rotatable bonds is 6.